The molecule has 0 spiro atoms. The topological polar surface area (TPSA) is 98.6 Å². The Labute approximate surface area is 161 Å². The molecule has 1 unspecified atom stereocenters. The minimum atomic E-state index is -4.69. The van der Waals surface area contributed by atoms with Crippen molar-refractivity contribution in [3.8, 4) is 0 Å². The van der Waals surface area contributed by atoms with Gasteiger partial charge in [-0.2, -0.15) is 26.8 Å². The molecule has 0 saturated carbocycles. The molecule has 0 aliphatic heterocycles. The summed E-state index contributed by atoms with van der Waals surface area (Å²) in [4.78, 5) is 0. The fourth-order valence-corrected chi connectivity index (χ4v) is 1.99. The van der Waals surface area contributed by atoms with E-state index in [9.17, 15) is 0 Å². The van der Waals surface area contributed by atoms with Gasteiger partial charge in [0, 0.05) is 7.11 Å². The minimum Gasteiger partial charge on any atom is -0.500 e. The normalized spacial score (nSPS) is 20.6. The predicted molar refractivity (Wildman–Crippen MR) is 80.3 cm³/mol. The molecule has 0 aromatic heterocycles. The Morgan fingerprint density at radius 1 is 1.04 bits per heavy atom. The third-order valence-corrected chi connectivity index (χ3v) is 3.09. The predicted octanol–water partition coefficient (Wildman–Crippen LogP) is 0.685. The first-order valence-corrected chi connectivity index (χ1v) is 9.04. The summed E-state index contributed by atoms with van der Waals surface area (Å²) in [5.74, 6) is 0. The summed E-state index contributed by atoms with van der Waals surface area (Å²) in [5, 5.41) is 0. The fraction of sp³-hybridized carbons (Fsp3) is 0.588. The van der Waals surface area contributed by atoms with Crippen molar-refractivity contribution in [1.29, 1.82) is 0 Å². The number of hydrogen-bond acceptors (Lipinski definition) is 5. The van der Waals surface area contributed by atoms with Crippen LogP contribution in [0.5, 0.6) is 0 Å². The molecule has 0 aromatic rings. The van der Waals surface area contributed by atoms with Crippen LogP contribution in [0.25, 0.3) is 0 Å². The van der Waals surface area contributed by atoms with Gasteiger partial charge in [0.05, 0.1) is 14.9 Å². The van der Waals surface area contributed by atoms with E-state index in [-0.39, 0.29) is 20.4 Å². The van der Waals surface area contributed by atoms with Crippen LogP contribution in [0, 0.1) is 22.7 Å². The van der Waals surface area contributed by atoms with Crippen LogP contribution in [0.2, 0.25) is 0 Å². The summed E-state index contributed by atoms with van der Waals surface area (Å²) >= 11 is 0. The van der Waals surface area contributed by atoms with Crippen LogP contribution in [0.3, 0.4) is 0 Å². The molecule has 2 aliphatic rings. The minimum absolute atomic E-state index is 0. The molecule has 24 heavy (non-hydrogen) atoms. The molecule has 2 rings (SSSR count). The van der Waals surface area contributed by atoms with Gasteiger partial charge in [0.15, 0.2) is 0 Å². The summed E-state index contributed by atoms with van der Waals surface area (Å²) in [5.41, 5.74) is 0. The zero-order valence-electron chi connectivity index (χ0n) is 14.0. The first-order chi connectivity index (χ1) is 10.9. The van der Waals surface area contributed by atoms with Gasteiger partial charge >= 0.3 is 20.4 Å². The first-order valence-electron chi connectivity index (χ1n) is 7.78. The number of allylic oxidation sites excluding steroid dienone is 6. The van der Waals surface area contributed by atoms with E-state index in [1.807, 2.05) is 0 Å². The molecule has 1 atom stereocenters. The monoisotopic (exact) mass is 452 g/mol. The molecule has 2 aliphatic carbocycles. The summed E-state index contributed by atoms with van der Waals surface area (Å²) in [6.45, 7) is 0. The molecule has 0 fully saturated rings. The van der Waals surface area contributed by atoms with E-state index in [1.165, 1.54) is 25.7 Å². The number of ether oxygens (including phenoxy) is 1. The van der Waals surface area contributed by atoms with Gasteiger partial charge in [-0.05, 0) is 12.8 Å². The standard InChI is InChI=1S/C9H15O.C8H11.ClHO4.Pd/c1-10-9-7-5-3-2-4-6-8-9;1-2-4-6-8-7-5-3-1;2-1(3,4)5;/h2-3,8-9H,4-7H2,1H3;1-2,7H,3-6H2;(H,2,3,4,5);/q2*-1;;+2. The summed E-state index contributed by atoms with van der Waals surface area (Å²) < 4.78 is 38.0. The third kappa shape index (κ3) is 24.2. The molecule has 0 saturated heterocycles. The van der Waals surface area contributed by atoms with Crippen molar-refractivity contribution in [2.24, 2.45) is 0 Å². The van der Waals surface area contributed by atoms with Crippen LogP contribution in [0.15, 0.2) is 30.4 Å². The first kappa shape index (κ1) is 26.2. The number of methoxy groups -OCH3 is 1. The van der Waals surface area contributed by atoms with Crippen molar-refractivity contribution in [3.63, 3.8) is 0 Å². The zero-order valence-corrected chi connectivity index (χ0v) is 16.3. The third-order valence-electron chi connectivity index (χ3n) is 3.09. The average molecular weight is 453 g/mol. The van der Waals surface area contributed by atoms with Gasteiger partial charge in [0.1, 0.15) is 0 Å². The maximum atomic E-state index is 8.60. The number of hydrogen-bond donors (Lipinski definition) is 1. The number of halogens is 1. The van der Waals surface area contributed by atoms with Crippen molar-refractivity contribution >= 4 is 0 Å². The Kier molecular flexibility index (Phi) is 19.4. The Balaban J connectivity index is 0. The molecule has 1 N–H and O–H groups in total. The smallest absolute Gasteiger partial charge is 0.500 e. The SMILES string of the molecule is COC1[CH-]CCC=CCC1.[C-]1=CCCC=CCC1.[O-][Cl+3]([O-])([O-])O.[Pd+2]. The Bertz CT molecular complexity index is 321. The molecule has 5 nitrogen and oxygen atoms in total. The van der Waals surface area contributed by atoms with Gasteiger partial charge < -0.3 is 10.8 Å². The van der Waals surface area contributed by atoms with Gasteiger partial charge in [-0.25, -0.2) is 0 Å². The van der Waals surface area contributed by atoms with E-state index in [1.54, 1.807) is 7.11 Å². The molecule has 7 heteroatoms. The Morgan fingerprint density at radius 3 is 2.29 bits per heavy atom. The van der Waals surface area contributed by atoms with Crippen LogP contribution in [-0.4, -0.2) is 17.9 Å². The van der Waals surface area contributed by atoms with Gasteiger partial charge in [-0.3, -0.25) is 12.5 Å². The second-order valence-corrected chi connectivity index (χ2v) is 5.82. The van der Waals surface area contributed by atoms with E-state index < -0.39 is 10.2 Å². The van der Waals surface area contributed by atoms with Crippen LogP contribution in [-0.2, 0) is 25.2 Å². The van der Waals surface area contributed by atoms with E-state index in [0.29, 0.717) is 6.10 Å². The molecular formula is C17H27ClO5Pd. The maximum absolute atomic E-state index is 8.60. The fourth-order valence-electron chi connectivity index (χ4n) is 1.99. The van der Waals surface area contributed by atoms with Crippen molar-refractivity contribution in [3.05, 3.63) is 42.9 Å². The van der Waals surface area contributed by atoms with Crippen LogP contribution in [0.4, 0.5) is 0 Å². The Hall–Kier alpha value is -0.0277. The van der Waals surface area contributed by atoms with E-state index in [0.717, 1.165) is 25.7 Å². The van der Waals surface area contributed by atoms with E-state index in [4.69, 9.17) is 23.4 Å². The van der Waals surface area contributed by atoms with Crippen LogP contribution < -0.4 is 14.0 Å². The average Bonchev–Trinajstić information content (AvgIpc) is 2.36. The zero-order chi connectivity index (χ0) is 17.4. The van der Waals surface area contributed by atoms with Crippen LogP contribution in [0.1, 0.15) is 51.4 Å². The van der Waals surface area contributed by atoms with E-state index >= 15 is 0 Å². The quantitative estimate of drug-likeness (QED) is 0.358. The molecule has 142 valence electrons. The van der Waals surface area contributed by atoms with Gasteiger partial charge in [-0.15, -0.1) is 0 Å². The van der Waals surface area contributed by atoms with E-state index in [2.05, 4.69) is 42.9 Å². The molecule has 0 aromatic carbocycles. The van der Waals surface area contributed by atoms with Gasteiger partial charge in [0.25, 0.3) is 0 Å². The van der Waals surface area contributed by atoms with Gasteiger partial charge in [0.2, 0.25) is 0 Å². The summed E-state index contributed by atoms with van der Waals surface area (Å²) in [6, 6.07) is 0. The molecular weight excluding hydrogens is 426 g/mol. The Morgan fingerprint density at radius 2 is 1.62 bits per heavy atom. The van der Waals surface area contributed by atoms with Gasteiger partial charge in [-0.1, -0.05) is 56.1 Å². The largest absolute Gasteiger partial charge is 2.00 e. The molecule has 0 bridgehead atoms. The maximum Gasteiger partial charge on any atom is 2.00 e. The molecule has 0 amide bonds. The van der Waals surface area contributed by atoms with Crippen molar-refractivity contribution < 1.29 is 54.0 Å². The molecule has 0 radical (unpaired) electrons. The number of rotatable bonds is 1. The van der Waals surface area contributed by atoms with Crippen molar-refractivity contribution in [2.75, 3.05) is 7.11 Å². The summed E-state index contributed by atoms with van der Waals surface area (Å²) in [7, 11) is -2.91. The molecule has 0 heterocycles. The van der Waals surface area contributed by atoms with Crippen molar-refractivity contribution in [1.82, 2.24) is 0 Å². The second kappa shape index (κ2) is 17.8. The van der Waals surface area contributed by atoms with Crippen molar-refractivity contribution in [2.45, 2.75) is 57.5 Å². The van der Waals surface area contributed by atoms with Crippen LogP contribution >= 0.6 is 0 Å². The second-order valence-electron chi connectivity index (χ2n) is 5.03. The summed E-state index contributed by atoms with van der Waals surface area (Å²) in [6.07, 6.45) is 26.3.